The minimum absolute atomic E-state index is 0.0373. The van der Waals surface area contributed by atoms with Crippen LogP contribution in [0.3, 0.4) is 0 Å². The SMILES string of the molecule is C[NH+]1CCC[C@@H](OC(=O)c2cccc(Cl)c2)C1. The molecule has 1 N–H and O–H groups in total. The fourth-order valence-electron chi connectivity index (χ4n) is 2.16. The molecule has 0 amide bonds. The number of halogens is 1. The summed E-state index contributed by atoms with van der Waals surface area (Å²) in [5, 5.41) is 0.561. The number of quaternary nitrogens is 1. The molecule has 17 heavy (non-hydrogen) atoms. The van der Waals surface area contributed by atoms with Crippen molar-refractivity contribution in [2.45, 2.75) is 18.9 Å². The van der Waals surface area contributed by atoms with E-state index in [1.165, 1.54) is 4.90 Å². The van der Waals surface area contributed by atoms with Crippen molar-refractivity contribution in [1.82, 2.24) is 0 Å². The van der Waals surface area contributed by atoms with Gasteiger partial charge in [0.1, 0.15) is 6.54 Å². The van der Waals surface area contributed by atoms with Crippen LogP contribution in [0.2, 0.25) is 5.02 Å². The molecule has 2 rings (SSSR count). The monoisotopic (exact) mass is 254 g/mol. The smallest absolute Gasteiger partial charge is 0.338 e. The molecule has 0 radical (unpaired) electrons. The molecule has 1 fully saturated rings. The summed E-state index contributed by atoms with van der Waals surface area (Å²) in [6.07, 6.45) is 2.11. The minimum Gasteiger partial charge on any atom is -0.453 e. The third-order valence-corrected chi connectivity index (χ3v) is 3.27. The normalized spacial score (nSPS) is 24.4. The van der Waals surface area contributed by atoms with E-state index in [-0.39, 0.29) is 12.1 Å². The molecule has 1 aromatic rings. The molecule has 1 saturated heterocycles. The van der Waals surface area contributed by atoms with Gasteiger partial charge < -0.3 is 9.64 Å². The lowest BCUT2D eigenvalue weighted by Crippen LogP contribution is -3.11. The zero-order valence-electron chi connectivity index (χ0n) is 9.91. The van der Waals surface area contributed by atoms with E-state index in [1.807, 2.05) is 0 Å². The van der Waals surface area contributed by atoms with Crippen LogP contribution in [-0.2, 0) is 4.74 Å². The van der Waals surface area contributed by atoms with E-state index < -0.39 is 0 Å². The quantitative estimate of drug-likeness (QED) is 0.804. The summed E-state index contributed by atoms with van der Waals surface area (Å²) in [4.78, 5) is 13.3. The summed E-state index contributed by atoms with van der Waals surface area (Å²) in [5.74, 6) is -0.271. The number of esters is 1. The van der Waals surface area contributed by atoms with Crippen molar-refractivity contribution in [3.8, 4) is 0 Å². The van der Waals surface area contributed by atoms with E-state index in [9.17, 15) is 4.79 Å². The number of likely N-dealkylation sites (N-methyl/N-ethyl adjacent to an activating group) is 1. The maximum atomic E-state index is 11.9. The topological polar surface area (TPSA) is 30.7 Å². The number of nitrogens with one attached hydrogen (secondary N) is 1. The van der Waals surface area contributed by atoms with Crippen LogP contribution in [0, 0.1) is 0 Å². The lowest BCUT2D eigenvalue weighted by Gasteiger charge is -2.26. The maximum Gasteiger partial charge on any atom is 0.338 e. The van der Waals surface area contributed by atoms with Crippen molar-refractivity contribution in [3.63, 3.8) is 0 Å². The highest BCUT2D eigenvalue weighted by molar-refractivity contribution is 6.30. The molecule has 4 heteroatoms. The summed E-state index contributed by atoms with van der Waals surface area (Å²) < 4.78 is 5.48. The molecule has 0 bridgehead atoms. The number of carbonyl (C=O) groups excluding carboxylic acids is 1. The van der Waals surface area contributed by atoms with Crippen molar-refractivity contribution in [3.05, 3.63) is 34.9 Å². The van der Waals surface area contributed by atoms with Gasteiger partial charge in [0.05, 0.1) is 19.2 Å². The van der Waals surface area contributed by atoms with Gasteiger partial charge in [0.15, 0.2) is 6.10 Å². The fraction of sp³-hybridized carbons (Fsp3) is 0.462. The number of ether oxygens (including phenoxy) is 1. The van der Waals surface area contributed by atoms with Gasteiger partial charge in [-0.25, -0.2) is 4.79 Å². The van der Waals surface area contributed by atoms with Gasteiger partial charge in [-0.15, -0.1) is 0 Å². The number of hydrogen-bond acceptors (Lipinski definition) is 2. The van der Waals surface area contributed by atoms with Gasteiger partial charge in [0, 0.05) is 11.4 Å². The van der Waals surface area contributed by atoms with Crippen LogP contribution < -0.4 is 4.90 Å². The van der Waals surface area contributed by atoms with Crippen molar-refractivity contribution in [1.29, 1.82) is 0 Å². The lowest BCUT2D eigenvalue weighted by molar-refractivity contribution is -0.888. The van der Waals surface area contributed by atoms with Gasteiger partial charge in [-0.05, 0) is 24.6 Å². The Kier molecular flexibility index (Phi) is 4.02. The van der Waals surface area contributed by atoms with Gasteiger partial charge in [0.2, 0.25) is 0 Å². The predicted molar refractivity (Wildman–Crippen MR) is 66.5 cm³/mol. The van der Waals surface area contributed by atoms with Crippen LogP contribution in [0.1, 0.15) is 23.2 Å². The first kappa shape index (κ1) is 12.4. The third-order valence-electron chi connectivity index (χ3n) is 3.04. The van der Waals surface area contributed by atoms with E-state index in [0.717, 1.165) is 25.9 Å². The Bertz CT molecular complexity index is 408. The average Bonchev–Trinajstić information content (AvgIpc) is 2.29. The number of rotatable bonds is 2. The molecule has 0 aliphatic carbocycles. The van der Waals surface area contributed by atoms with Crippen LogP contribution in [0.4, 0.5) is 0 Å². The predicted octanol–water partition coefficient (Wildman–Crippen LogP) is 1.17. The van der Waals surface area contributed by atoms with E-state index in [4.69, 9.17) is 16.3 Å². The lowest BCUT2D eigenvalue weighted by atomic mass is 10.1. The first-order valence-corrected chi connectivity index (χ1v) is 6.31. The van der Waals surface area contributed by atoms with Gasteiger partial charge in [0.25, 0.3) is 0 Å². The Labute approximate surface area is 106 Å². The second-order valence-corrected chi connectivity index (χ2v) is 5.03. The highest BCUT2D eigenvalue weighted by Gasteiger charge is 2.24. The minimum atomic E-state index is -0.271. The third kappa shape index (κ3) is 3.45. The molecular formula is C13H17ClNO2+. The number of hydrogen-bond donors (Lipinski definition) is 1. The zero-order chi connectivity index (χ0) is 12.3. The van der Waals surface area contributed by atoms with Crippen molar-refractivity contribution < 1.29 is 14.4 Å². The Morgan fingerprint density at radius 1 is 1.53 bits per heavy atom. The summed E-state index contributed by atoms with van der Waals surface area (Å²) in [5.41, 5.74) is 0.528. The summed E-state index contributed by atoms with van der Waals surface area (Å²) >= 11 is 5.84. The van der Waals surface area contributed by atoms with Gasteiger partial charge in [-0.2, -0.15) is 0 Å². The van der Waals surface area contributed by atoms with Crippen LogP contribution in [0.25, 0.3) is 0 Å². The molecule has 1 aliphatic rings. The molecule has 92 valence electrons. The Morgan fingerprint density at radius 2 is 2.35 bits per heavy atom. The molecule has 1 aromatic carbocycles. The Balaban J connectivity index is 1.97. The van der Waals surface area contributed by atoms with Gasteiger partial charge in [-0.1, -0.05) is 17.7 Å². The molecule has 3 nitrogen and oxygen atoms in total. The summed E-state index contributed by atoms with van der Waals surface area (Å²) in [6, 6.07) is 6.88. The van der Waals surface area contributed by atoms with Gasteiger partial charge >= 0.3 is 5.97 Å². The first-order valence-electron chi connectivity index (χ1n) is 5.93. The largest absolute Gasteiger partial charge is 0.453 e. The summed E-state index contributed by atoms with van der Waals surface area (Å²) in [7, 11) is 2.12. The average molecular weight is 255 g/mol. The Hall–Kier alpha value is -1.06. The van der Waals surface area contributed by atoms with Gasteiger partial charge in [-0.3, -0.25) is 0 Å². The molecule has 0 spiro atoms. The van der Waals surface area contributed by atoms with E-state index in [0.29, 0.717) is 10.6 Å². The first-order chi connectivity index (χ1) is 8.15. The van der Waals surface area contributed by atoms with E-state index in [2.05, 4.69) is 7.05 Å². The second-order valence-electron chi connectivity index (χ2n) is 4.59. The molecule has 2 atom stereocenters. The van der Waals surface area contributed by atoms with Crippen LogP contribution in [0.15, 0.2) is 24.3 Å². The highest BCUT2D eigenvalue weighted by atomic mass is 35.5. The van der Waals surface area contributed by atoms with Crippen molar-refractivity contribution in [2.24, 2.45) is 0 Å². The fourth-order valence-corrected chi connectivity index (χ4v) is 2.35. The number of carbonyl (C=O) groups is 1. The number of piperidine rings is 1. The standard InChI is InChI=1S/C13H16ClNO2/c1-15-7-3-6-12(9-15)17-13(16)10-4-2-5-11(14)8-10/h2,4-5,8,12H,3,6-7,9H2,1H3/p+1/t12-/m1/s1. The number of benzene rings is 1. The maximum absolute atomic E-state index is 11.9. The van der Waals surface area contributed by atoms with E-state index >= 15 is 0 Å². The molecule has 0 aromatic heterocycles. The Morgan fingerprint density at radius 3 is 3.06 bits per heavy atom. The molecule has 0 saturated carbocycles. The van der Waals surface area contributed by atoms with E-state index in [1.54, 1.807) is 24.3 Å². The highest BCUT2D eigenvalue weighted by Crippen LogP contribution is 2.13. The van der Waals surface area contributed by atoms with Crippen molar-refractivity contribution >= 4 is 17.6 Å². The number of likely N-dealkylation sites (tertiary alicyclic amines) is 1. The molecule has 1 unspecified atom stereocenters. The van der Waals surface area contributed by atoms with Crippen LogP contribution in [-0.4, -0.2) is 32.2 Å². The molecule has 1 heterocycles. The summed E-state index contributed by atoms with van der Waals surface area (Å²) in [6.45, 7) is 2.05. The zero-order valence-corrected chi connectivity index (χ0v) is 10.7. The molecular weight excluding hydrogens is 238 g/mol. The molecule has 1 aliphatic heterocycles. The second kappa shape index (κ2) is 5.52. The van der Waals surface area contributed by atoms with Crippen LogP contribution in [0.5, 0.6) is 0 Å². The van der Waals surface area contributed by atoms with Crippen molar-refractivity contribution in [2.75, 3.05) is 20.1 Å². The van der Waals surface area contributed by atoms with Crippen LogP contribution >= 0.6 is 11.6 Å².